The molecule has 0 aliphatic carbocycles. The molecule has 1 aromatic carbocycles. The summed E-state index contributed by atoms with van der Waals surface area (Å²) in [4.78, 5) is 18.6. The number of carbonyl (C=O) groups is 1. The molecular formula is C21H30Cl2N2O2. The number of likely N-dealkylation sites (tertiary alicyclic amines) is 1. The second-order valence-corrected chi connectivity index (χ2v) is 7.19. The first-order chi connectivity index (χ1) is 12.2. The summed E-state index contributed by atoms with van der Waals surface area (Å²) in [6, 6.07) is 10.4. The van der Waals surface area contributed by atoms with Crippen LogP contribution in [0, 0.1) is 11.8 Å². The van der Waals surface area contributed by atoms with Gasteiger partial charge in [0.05, 0.1) is 11.4 Å². The van der Waals surface area contributed by atoms with Crippen molar-refractivity contribution in [2.75, 3.05) is 13.1 Å². The Morgan fingerprint density at radius 1 is 1.22 bits per heavy atom. The van der Waals surface area contributed by atoms with E-state index in [2.05, 4.69) is 41.1 Å². The fourth-order valence-electron chi connectivity index (χ4n) is 4.03. The molecule has 27 heavy (non-hydrogen) atoms. The van der Waals surface area contributed by atoms with E-state index in [1.807, 2.05) is 12.3 Å². The fourth-order valence-corrected chi connectivity index (χ4v) is 4.03. The van der Waals surface area contributed by atoms with E-state index in [0.717, 1.165) is 57.3 Å². The van der Waals surface area contributed by atoms with Crippen molar-refractivity contribution in [1.29, 1.82) is 0 Å². The zero-order valence-corrected chi connectivity index (χ0v) is 17.5. The molecule has 0 amide bonds. The van der Waals surface area contributed by atoms with Crippen molar-refractivity contribution in [1.82, 2.24) is 9.88 Å². The van der Waals surface area contributed by atoms with Crippen LogP contribution in [-0.2, 0) is 11.3 Å². The molecule has 1 aliphatic heterocycles. The number of pyridine rings is 1. The maximum atomic E-state index is 11.6. The Kier molecular flexibility index (Phi) is 10.1. The van der Waals surface area contributed by atoms with Gasteiger partial charge in [0.15, 0.2) is 0 Å². The third-order valence-corrected chi connectivity index (χ3v) is 5.50. The molecule has 0 spiro atoms. The van der Waals surface area contributed by atoms with E-state index in [0.29, 0.717) is 5.92 Å². The Bertz CT molecular complexity index is 713. The van der Waals surface area contributed by atoms with Gasteiger partial charge < -0.3 is 5.11 Å². The summed E-state index contributed by atoms with van der Waals surface area (Å²) < 4.78 is 0. The molecule has 1 atom stereocenters. The summed E-state index contributed by atoms with van der Waals surface area (Å²) in [5.74, 6) is -0.447. The van der Waals surface area contributed by atoms with Crippen LogP contribution < -0.4 is 0 Å². The molecule has 1 fully saturated rings. The van der Waals surface area contributed by atoms with Crippen molar-refractivity contribution in [3.8, 4) is 0 Å². The number of aromatic nitrogens is 1. The minimum Gasteiger partial charge on any atom is -0.481 e. The number of carboxylic acid groups (broad SMARTS) is 1. The molecule has 1 saturated heterocycles. The van der Waals surface area contributed by atoms with Gasteiger partial charge in [-0.1, -0.05) is 44.0 Å². The van der Waals surface area contributed by atoms with Crippen LogP contribution in [-0.4, -0.2) is 34.0 Å². The Hall–Kier alpha value is -1.36. The highest BCUT2D eigenvalue weighted by Gasteiger charge is 2.30. The molecular weight excluding hydrogens is 383 g/mol. The van der Waals surface area contributed by atoms with Gasteiger partial charge in [0.1, 0.15) is 0 Å². The largest absolute Gasteiger partial charge is 0.481 e. The van der Waals surface area contributed by atoms with E-state index in [1.165, 1.54) is 10.9 Å². The van der Waals surface area contributed by atoms with E-state index in [4.69, 9.17) is 0 Å². The molecule has 2 heterocycles. The van der Waals surface area contributed by atoms with Gasteiger partial charge in [0.2, 0.25) is 0 Å². The molecule has 3 rings (SSSR count). The van der Waals surface area contributed by atoms with Crippen LogP contribution in [0.15, 0.2) is 36.5 Å². The average Bonchev–Trinajstić information content (AvgIpc) is 2.63. The van der Waals surface area contributed by atoms with Crippen molar-refractivity contribution in [3.63, 3.8) is 0 Å². The number of unbranched alkanes of at least 4 members (excludes halogenated alkanes) is 1. The summed E-state index contributed by atoms with van der Waals surface area (Å²) in [6.07, 6.45) is 6.72. The monoisotopic (exact) mass is 412 g/mol. The fraction of sp³-hybridized carbons (Fsp3) is 0.524. The molecule has 4 nitrogen and oxygen atoms in total. The van der Waals surface area contributed by atoms with Crippen LogP contribution in [0.5, 0.6) is 0 Å². The third-order valence-electron chi connectivity index (χ3n) is 5.50. The Morgan fingerprint density at radius 3 is 2.59 bits per heavy atom. The highest BCUT2D eigenvalue weighted by molar-refractivity contribution is 5.85. The van der Waals surface area contributed by atoms with E-state index in [-0.39, 0.29) is 30.7 Å². The van der Waals surface area contributed by atoms with Crippen molar-refractivity contribution in [2.45, 2.75) is 45.6 Å². The van der Waals surface area contributed by atoms with Gasteiger partial charge in [-0.3, -0.25) is 14.7 Å². The minimum atomic E-state index is -0.606. The lowest BCUT2D eigenvalue weighted by molar-refractivity contribution is -0.144. The van der Waals surface area contributed by atoms with Crippen LogP contribution in [0.4, 0.5) is 0 Å². The molecule has 1 aromatic heterocycles. The molecule has 1 unspecified atom stereocenters. The van der Waals surface area contributed by atoms with E-state index in [1.54, 1.807) is 0 Å². The minimum absolute atomic E-state index is 0. The average molecular weight is 413 g/mol. The highest BCUT2D eigenvalue weighted by atomic mass is 35.5. The number of aliphatic carboxylic acids is 1. The standard InChI is InChI=1S/C21H28N2O2.2ClH/c1-2-3-9-19(21(24)25)16-10-13-23(14-11-16)15-18-7-4-6-17-8-5-12-22-20(17)18;;/h4-8,12,16,19H,2-3,9-11,13-15H2,1H3,(H,24,25);2*1H. The number of nitrogens with zero attached hydrogens (tertiary/aromatic N) is 2. The van der Waals surface area contributed by atoms with Crippen LogP contribution >= 0.6 is 24.8 Å². The number of hydrogen-bond acceptors (Lipinski definition) is 3. The molecule has 1 aliphatic rings. The van der Waals surface area contributed by atoms with Gasteiger partial charge in [0, 0.05) is 18.1 Å². The number of benzene rings is 1. The number of fused-ring (bicyclic) bond motifs is 1. The summed E-state index contributed by atoms with van der Waals surface area (Å²) in [5, 5.41) is 10.7. The van der Waals surface area contributed by atoms with Gasteiger partial charge in [-0.05, 0) is 49.9 Å². The maximum absolute atomic E-state index is 11.6. The number of hydrogen-bond donors (Lipinski definition) is 1. The third kappa shape index (κ3) is 6.06. The van der Waals surface area contributed by atoms with Crippen LogP contribution in [0.1, 0.15) is 44.6 Å². The van der Waals surface area contributed by atoms with Gasteiger partial charge in [-0.2, -0.15) is 0 Å². The summed E-state index contributed by atoms with van der Waals surface area (Å²) in [6.45, 7) is 4.97. The van der Waals surface area contributed by atoms with Crippen molar-refractivity contribution < 1.29 is 9.90 Å². The second-order valence-electron chi connectivity index (χ2n) is 7.19. The second kappa shape index (κ2) is 11.5. The van der Waals surface area contributed by atoms with Gasteiger partial charge in [-0.25, -0.2) is 0 Å². The first-order valence-electron chi connectivity index (χ1n) is 9.46. The topological polar surface area (TPSA) is 53.4 Å². The number of halogens is 2. The van der Waals surface area contributed by atoms with Crippen LogP contribution in [0.25, 0.3) is 10.9 Å². The van der Waals surface area contributed by atoms with E-state index >= 15 is 0 Å². The number of carboxylic acids is 1. The van der Waals surface area contributed by atoms with Gasteiger partial charge >= 0.3 is 5.97 Å². The van der Waals surface area contributed by atoms with Crippen LogP contribution in [0.2, 0.25) is 0 Å². The smallest absolute Gasteiger partial charge is 0.306 e. The van der Waals surface area contributed by atoms with Gasteiger partial charge in [-0.15, -0.1) is 24.8 Å². The Balaban J connectivity index is 0.00000182. The SMILES string of the molecule is CCCCC(C(=O)O)C1CCN(Cc2cccc3cccnc23)CC1.Cl.Cl. The highest BCUT2D eigenvalue weighted by Crippen LogP contribution is 2.30. The summed E-state index contributed by atoms with van der Waals surface area (Å²) in [5.41, 5.74) is 2.34. The lowest BCUT2D eigenvalue weighted by Crippen LogP contribution is -2.37. The van der Waals surface area contributed by atoms with E-state index < -0.39 is 5.97 Å². The first-order valence-corrected chi connectivity index (χ1v) is 9.46. The zero-order chi connectivity index (χ0) is 17.6. The number of para-hydroxylation sites is 1. The molecule has 0 bridgehead atoms. The normalized spacial score (nSPS) is 16.3. The summed E-state index contributed by atoms with van der Waals surface area (Å²) in [7, 11) is 0. The molecule has 6 heteroatoms. The van der Waals surface area contributed by atoms with E-state index in [9.17, 15) is 9.90 Å². The number of piperidine rings is 1. The van der Waals surface area contributed by atoms with Gasteiger partial charge in [0.25, 0.3) is 0 Å². The molecule has 1 N–H and O–H groups in total. The van der Waals surface area contributed by atoms with Crippen LogP contribution in [0.3, 0.4) is 0 Å². The lowest BCUT2D eigenvalue weighted by atomic mass is 9.81. The number of rotatable bonds is 7. The maximum Gasteiger partial charge on any atom is 0.306 e. The molecule has 2 aromatic rings. The predicted octanol–water partition coefficient (Wildman–Crippen LogP) is 5.18. The van der Waals surface area contributed by atoms with Crippen molar-refractivity contribution in [2.24, 2.45) is 11.8 Å². The Labute approximate surface area is 174 Å². The molecule has 0 saturated carbocycles. The molecule has 150 valence electrons. The lowest BCUT2D eigenvalue weighted by Gasteiger charge is -2.34. The zero-order valence-electron chi connectivity index (χ0n) is 15.8. The van der Waals surface area contributed by atoms with Crippen molar-refractivity contribution in [3.05, 3.63) is 42.1 Å². The summed E-state index contributed by atoms with van der Waals surface area (Å²) >= 11 is 0. The predicted molar refractivity (Wildman–Crippen MR) is 115 cm³/mol. The quantitative estimate of drug-likeness (QED) is 0.680. The Morgan fingerprint density at radius 2 is 1.93 bits per heavy atom. The molecule has 0 radical (unpaired) electrons. The van der Waals surface area contributed by atoms with Crippen molar-refractivity contribution >= 4 is 41.7 Å². The first kappa shape index (κ1) is 23.7.